The van der Waals surface area contributed by atoms with E-state index >= 15 is 0 Å². The lowest BCUT2D eigenvalue weighted by Crippen LogP contribution is -2.14. The smallest absolute Gasteiger partial charge is 0.303 e. The summed E-state index contributed by atoms with van der Waals surface area (Å²) in [5.74, 6) is -0.436. The van der Waals surface area contributed by atoms with Crippen LogP contribution in [0, 0.1) is 5.92 Å². The minimum absolute atomic E-state index is 0.0110. The number of carbonyl (C=O) groups is 2. The van der Waals surface area contributed by atoms with E-state index in [0.29, 0.717) is 17.9 Å². The molecule has 0 amide bonds. The van der Waals surface area contributed by atoms with Gasteiger partial charge in [0.25, 0.3) is 0 Å². The Balaban J connectivity index is 1.58. The molecule has 1 N–H and O–H groups in total. The Hall–Kier alpha value is -3.73. The van der Waals surface area contributed by atoms with Crippen molar-refractivity contribution in [2.45, 2.75) is 71.8 Å². The van der Waals surface area contributed by atoms with Crippen LogP contribution in [0.25, 0.3) is 22.0 Å². The summed E-state index contributed by atoms with van der Waals surface area (Å²) in [6.45, 7) is 11.1. The number of carboxylic acids is 1. The highest BCUT2D eigenvalue weighted by molar-refractivity contribution is 5.96. The number of Topliss-reactive ketones (excluding diaryl/α,β-unsaturated/α-hetero) is 1. The molecule has 1 heterocycles. The number of hydrogen-bond acceptors (Lipinski definition) is 3. The van der Waals surface area contributed by atoms with E-state index in [1.165, 1.54) is 16.7 Å². The van der Waals surface area contributed by atoms with Crippen molar-refractivity contribution in [2.75, 3.05) is 0 Å². The maximum absolute atomic E-state index is 12.5. The largest absolute Gasteiger partial charge is 0.481 e. The highest BCUT2D eigenvalue weighted by atomic mass is 16.4. The third kappa shape index (κ3) is 6.58. The van der Waals surface area contributed by atoms with E-state index in [4.69, 9.17) is 10.2 Å². The average molecular weight is 511 g/mol. The van der Waals surface area contributed by atoms with Gasteiger partial charge in [0.05, 0.1) is 11.6 Å². The van der Waals surface area contributed by atoms with Gasteiger partial charge in [-0.25, -0.2) is 0 Å². The summed E-state index contributed by atoms with van der Waals surface area (Å²) in [6, 6.07) is 23.0. The summed E-state index contributed by atoms with van der Waals surface area (Å²) in [5.41, 5.74) is 6.49. The van der Waals surface area contributed by atoms with Crippen LogP contribution in [0.3, 0.4) is 0 Å². The van der Waals surface area contributed by atoms with E-state index < -0.39 is 5.97 Å². The molecule has 4 aromatic rings. The first kappa shape index (κ1) is 27.3. The fourth-order valence-corrected chi connectivity index (χ4v) is 4.83. The Morgan fingerprint density at radius 2 is 1.55 bits per heavy atom. The molecule has 0 saturated carbocycles. The molecule has 0 spiro atoms. The minimum Gasteiger partial charge on any atom is -0.481 e. The van der Waals surface area contributed by atoms with Crippen LogP contribution in [-0.4, -0.2) is 26.6 Å². The first-order valence-corrected chi connectivity index (χ1v) is 13.5. The Morgan fingerprint density at radius 1 is 0.895 bits per heavy atom. The van der Waals surface area contributed by atoms with Crippen LogP contribution < -0.4 is 0 Å². The van der Waals surface area contributed by atoms with Gasteiger partial charge in [-0.05, 0) is 58.6 Å². The van der Waals surface area contributed by atoms with Gasteiger partial charge in [0.15, 0.2) is 5.78 Å². The van der Waals surface area contributed by atoms with E-state index in [0.717, 1.165) is 22.9 Å². The lowest BCUT2D eigenvalue weighted by Gasteiger charge is -2.20. The van der Waals surface area contributed by atoms with Crippen LogP contribution in [0.1, 0.15) is 87.8 Å². The van der Waals surface area contributed by atoms with Gasteiger partial charge in [-0.3, -0.25) is 14.3 Å². The van der Waals surface area contributed by atoms with Crippen molar-refractivity contribution in [3.05, 3.63) is 89.6 Å². The van der Waals surface area contributed by atoms with Crippen LogP contribution in [0.15, 0.2) is 72.9 Å². The van der Waals surface area contributed by atoms with Gasteiger partial charge in [0.2, 0.25) is 0 Å². The molecule has 0 fully saturated rings. The molecular formula is C33H38N2O3. The molecule has 0 aliphatic carbocycles. The number of aromatic nitrogens is 2. The van der Waals surface area contributed by atoms with Crippen molar-refractivity contribution in [2.24, 2.45) is 5.92 Å². The number of ketones is 1. The number of nitrogens with zero attached hydrogens (tertiary/aromatic N) is 2. The van der Waals surface area contributed by atoms with Crippen LogP contribution in [0.2, 0.25) is 0 Å². The zero-order valence-corrected chi connectivity index (χ0v) is 23.1. The number of benzene rings is 3. The Bertz CT molecular complexity index is 1410. The second kappa shape index (κ2) is 11.3. The standard InChI is InChI=1S/C33H38N2O3/c1-22(2)19-30(24-9-11-25(12-10-24)31(36)7-6-8-32(37)38)35-21-27-20-26(15-18-29(27)34-35)23-13-16-28(17-14-23)33(3,4)5/h9-18,20-22,30H,6-8,19H2,1-5H3,(H,37,38). The summed E-state index contributed by atoms with van der Waals surface area (Å²) in [4.78, 5) is 23.2. The lowest BCUT2D eigenvalue weighted by molar-refractivity contribution is -0.137. The fraction of sp³-hybridized carbons (Fsp3) is 0.364. The number of aliphatic carboxylic acids is 1. The molecule has 1 aromatic heterocycles. The summed E-state index contributed by atoms with van der Waals surface area (Å²) < 4.78 is 2.06. The number of fused-ring (bicyclic) bond motifs is 1. The van der Waals surface area contributed by atoms with Gasteiger partial charge < -0.3 is 5.11 Å². The molecule has 5 heteroatoms. The van der Waals surface area contributed by atoms with Gasteiger partial charge in [-0.2, -0.15) is 5.10 Å². The predicted octanol–water partition coefficient (Wildman–Crippen LogP) is 8.07. The fourth-order valence-electron chi connectivity index (χ4n) is 4.83. The average Bonchev–Trinajstić information content (AvgIpc) is 3.30. The Labute approximate surface area is 225 Å². The molecule has 4 rings (SSSR count). The Kier molecular flexibility index (Phi) is 8.15. The quantitative estimate of drug-likeness (QED) is 0.219. The molecule has 1 unspecified atom stereocenters. The van der Waals surface area contributed by atoms with Crippen molar-refractivity contribution >= 4 is 22.7 Å². The van der Waals surface area contributed by atoms with Crippen LogP contribution in [0.4, 0.5) is 0 Å². The number of rotatable bonds is 10. The van der Waals surface area contributed by atoms with Crippen molar-refractivity contribution in [1.82, 2.24) is 9.78 Å². The van der Waals surface area contributed by atoms with Crippen molar-refractivity contribution < 1.29 is 14.7 Å². The van der Waals surface area contributed by atoms with Crippen LogP contribution in [0.5, 0.6) is 0 Å². The minimum atomic E-state index is -0.873. The molecular weight excluding hydrogens is 472 g/mol. The molecule has 0 aliphatic rings. The highest BCUT2D eigenvalue weighted by Gasteiger charge is 2.19. The van der Waals surface area contributed by atoms with E-state index in [-0.39, 0.29) is 30.1 Å². The molecule has 3 aromatic carbocycles. The first-order chi connectivity index (χ1) is 18.0. The first-order valence-electron chi connectivity index (χ1n) is 13.5. The zero-order valence-electron chi connectivity index (χ0n) is 23.1. The SMILES string of the molecule is CC(C)CC(c1ccc(C(=O)CCCC(=O)O)cc1)n1cc2cc(-c3ccc(C(C)(C)C)cc3)ccc2n1. The monoisotopic (exact) mass is 510 g/mol. The zero-order chi connectivity index (χ0) is 27.4. The number of carboxylic acid groups (broad SMARTS) is 1. The third-order valence-corrected chi connectivity index (χ3v) is 7.03. The van der Waals surface area contributed by atoms with Gasteiger partial charge in [-0.15, -0.1) is 0 Å². The van der Waals surface area contributed by atoms with Crippen molar-refractivity contribution in [3.63, 3.8) is 0 Å². The van der Waals surface area contributed by atoms with Gasteiger partial charge in [0.1, 0.15) is 0 Å². The summed E-state index contributed by atoms with van der Waals surface area (Å²) >= 11 is 0. The molecule has 38 heavy (non-hydrogen) atoms. The van der Waals surface area contributed by atoms with Crippen molar-refractivity contribution in [1.29, 1.82) is 0 Å². The molecule has 0 aliphatic heterocycles. The van der Waals surface area contributed by atoms with Crippen LogP contribution >= 0.6 is 0 Å². The highest BCUT2D eigenvalue weighted by Crippen LogP contribution is 2.31. The van der Waals surface area contributed by atoms with Gasteiger partial charge >= 0.3 is 5.97 Å². The molecule has 1 atom stereocenters. The summed E-state index contributed by atoms with van der Waals surface area (Å²) in [6.07, 6.45) is 3.65. The molecule has 5 nitrogen and oxygen atoms in total. The molecule has 0 radical (unpaired) electrons. The topological polar surface area (TPSA) is 72.2 Å². The van der Waals surface area contributed by atoms with Crippen LogP contribution in [-0.2, 0) is 10.2 Å². The second-order valence-corrected chi connectivity index (χ2v) is 11.6. The second-order valence-electron chi connectivity index (χ2n) is 11.6. The molecule has 0 saturated heterocycles. The molecule has 198 valence electrons. The molecule has 0 bridgehead atoms. The number of hydrogen-bond donors (Lipinski definition) is 1. The summed E-state index contributed by atoms with van der Waals surface area (Å²) in [7, 11) is 0. The lowest BCUT2D eigenvalue weighted by atomic mass is 9.86. The summed E-state index contributed by atoms with van der Waals surface area (Å²) in [5, 5.41) is 14.8. The normalized spacial score (nSPS) is 12.7. The van der Waals surface area contributed by atoms with Gasteiger partial charge in [-0.1, -0.05) is 89.2 Å². The van der Waals surface area contributed by atoms with E-state index in [9.17, 15) is 9.59 Å². The van der Waals surface area contributed by atoms with Crippen molar-refractivity contribution in [3.8, 4) is 11.1 Å². The van der Waals surface area contributed by atoms with E-state index in [1.54, 1.807) is 0 Å². The third-order valence-electron chi connectivity index (χ3n) is 7.03. The predicted molar refractivity (Wildman–Crippen MR) is 154 cm³/mol. The Morgan fingerprint density at radius 3 is 2.16 bits per heavy atom. The maximum Gasteiger partial charge on any atom is 0.303 e. The van der Waals surface area contributed by atoms with E-state index in [2.05, 4.69) is 88.0 Å². The van der Waals surface area contributed by atoms with E-state index in [1.807, 2.05) is 24.3 Å². The van der Waals surface area contributed by atoms with Gasteiger partial charge in [0, 0.05) is 30.0 Å². The maximum atomic E-state index is 12.5. The number of carbonyl (C=O) groups excluding carboxylic acids is 1.